The Labute approximate surface area is 80.4 Å². The third-order valence-corrected chi connectivity index (χ3v) is 2.11. The molecule has 1 aromatic rings. The highest BCUT2D eigenvalue weighted by Crippen LogP contribution is 2.37. The smallest absolute Gasteiger partial charge is 0.273 e. The van der Waals surface area contributed by atoms with Crippen LogP contribution in [0.15, 0.2) is 18.2 Å². The normalized spacial score (nSPS) is 19.1. The average molecular weight is 195 g/mol. The number of benzene rings is 1. The number of nitro groups is 1. The Hall–Kier alpha value is -1.62. The Morgan fingerprint density at radius 2 is 2.36 bits per heavy atom. The van der Waals surface area contributed by atoms with Crippen LogP contribution in [0.25, 0.3) is 0 Å². The Balaban J connectivity index is 2.38. The molecule has 0 radical (unpaired) electrons. The Morgan fingerprint density at radius 1 is 1.64 bits per heavy atom. The Bertz CT molecular complexity index is 373. The molecular formula is C9H9NO4. The molecule has 1 unspecified atom stereocenters. The maximum absolute atomic E-state index is 10.5. The summed E-state index contributed by atoms with van der Waals surface area (Å²) >= 11 is 0. The van der Waals surface area contributed by atoms with E-state index in [4.69, 9.17) is 9.47 Å². The molecule has 0 N–H and O–H groups in total. The monoisotopic (exact) mass is 195 g/mol. The van der Waals surface area contributed by atoms with Crippen LogP contribution in [-0.2, 0) is 4.74 Å². The molecule has 1 aliphatic rings. The predicted octanol–water partition coefficient (Wildman–Crippen LogP) is 1.67. The summed E-state index contributed by atoms with van der Waals surface area (Å²) in [5, 5.41) is 10.5. The van der Waals surface area contributed by atoms with E-state index in [1.807, 2.05) is 0 Å². The fourth-order valence-electron chi connectivity index (χ4n) is 1.31. The minimum atomic E-state index is -0.444. The number of methoxy groups -OCH3 is 1. The van der Waals surface area contributed by atoms with Gasteiger partial charge in [0, 0.05) is 11.6 Å². The summed E-state index contributed by atoms with van der Waals surface area (Å²) < 4.78 is 10.1. The lowest BCUT2D eigenvalue weighted by molar-refractivity contribution is -0.384. The van der Waals surface area contributed by atoms with Crippen LogP contribution in [0.4, 0.5) is 5.69 Å². The summed E-state index contributed by atoms with van der Waals surface area (Å²) in [5.74, 6) is 0.515. The van der Waals surface area contributed by atoms with E-state index in [0.717, 1.165) is 5.56 Å². The van der Waals surface area contributed by atoms with E-state index >= 15 is 0 Å². The van der Waals surface area contributed by atoms with Crippen LogP contribution in [0.3, 0.4) is 0 Å². The van der Waals surface area contributed by atoms with Crippen LogP contribution in [0.2, 0.25) is 0 Å². The van der Waals surface area contributed by atoms with E-state index in [2.05, 4.69) is 0 Å². The molecule has 1 saturated heterocycles. The zero-order chi connectivity index (χ0) is 10.1. The number of epoxide rings is 1. The van der Waals surface area contributed by atoms with Crippen molar-refractivity contribution in [1.29, 1.82) is 0 Å². The second-order valence-corrected chi connectivity index (χ2v) is 3.01. The molecule has 0 aromatic heterocycles. The zero-order valence-corrected chi connectivity index (χ0v) is 7.60. The first-order valence-electron chi connectivity index (χ1n) is 4.16. The van der Waals surface area contributed by atoms with Crippen LogP contribution in [0.1, 0.15) is 11.7 Å². The van der Waals surface area contributed by atoms with Crippen molar-refractivity contribution < 1.29 is 14.4 Å². The fraction of sp³-hybridized carbons (Fsp3) is 0.333. The second kappa shape index (κ2) is 3.26. The molecule has 2 rings (SSSR count). The van der Waals surface area contributed by atoms with Gasteiger partial charge in [0.25, 0.3) is 5.69 Å². The van der Waals surface area contributed by atoms with Crippen molar-refractivity contribution in [2.45, 2.75) is 6.10 Å². The third-order valence-electron chi connectivity index (χ3n) is 2.11. The number of rotatable bonds is 3. The van der Waals surface area contributed by atoms with Crippen LogP contribution in [0.5, 0.6) is 5.75 Å². The largest absolute Gasteiger partial charge is 0.496 e. The molecule has 1 fully saturated rings. The Morgan fingerprint density at radius 3 is 2.86 bits per heavy atom. The van der Waals surface area contributed by atoms with Crippen molar-refractivity contribution in [2.75, 3.05) is 13.7 Å². The van der Waals surface area contributed by atoms with Gasteiger partial charge in [-0.3, -0.25) is 10.1 Å². The van der Waals surface area contributed by atoms with Crippen molar-refractivity contribution in [3.05, 3.63) is 33.9 Å². The number of hydrogen-bond acceptors (Lipinski definition) is 4. The highest BCUT2D eigenvalue weighted by molar-refractivity contribution is 5.46. The molecule has 1 atom stereocenters. The van der Waals surface area contributed by atoms with Gasteiger partial charge in [-0.05, 0) is 6.07 Å². The average Bonchev–Trinajstić information content (AvgIpc) is 3.00. The molecule has 14 heavy (non-hydrogen) atoms. The maximum atomic E-state index is 10.5. The molecule has 0 bridgehead atoms. The second-order valence-electron chi connectivity index (χ2n) is 3.01. The lowest BCUT2D eigenvalue weighted by atomic mass is 10.1. The SMILES string of the molecule is COc1cc([N+](=O)[O-])ccc1C1CO1. The topological polar surface area (TPSA) is 64.9 Å². The summed E-state index contributed by atoms with van der Waals surface area (Å²) in [6.45, 7) is 0.661. The van der Waals surface area contributed by atoms with Gasteiger partial charge >= 0.3 is 0 Å². The van der Waals surface area contributed by atoms with E-state index in [0.29, 0.717) is 12.4 Å². The maximum Gasteiger partial charge on any atom is 0.273 e. The van der Waals surface area contributed by atoms with E-state index in [1.165, 1.54) is 19.2 Å². The zero-order valence-electron chi connectivity index (χ0n) is 7.60. The first-order valence-corrected chi connectivity index (χ1v) is 4.16. The summed E-state index contributed by atoms with van der Waals surface area (Å²) in [6.07, 6.45) is 0.0470. The van der Waals surface area contributed by atoms with Gasteiger partial charge in [0.15, 0.2) is 0 Å². The molecule has 0 saturated carbocycles. The van der Waals surface area contributed by atoms with Gasteiger partial charge in [-0.2, -0.15) is 0 Å². The minimum Gasteiger partial charge on any atom is -0.496 e. The fourth-order valence-corrected chi connectivity index (χ4v) is 1.31. The van der Waals surface area contributed by atoms with Gasteiger partial charge in [-0.25, -0.2) is 0 Å². The molecule has 1 aliphatic heterocycles. The van der Waals surface area contributed by atoms with Gasteiger partial charge in [-0.1, -0.05) is 0 Å². The highest BCUT2D eigenvalue weighted by Gasteiger charge is 2.29. The quantitative estimate of drug-likeness (QED) is 0.418. The number of nitro benzene ring substituents is 1. The van der Waals surface area contributed by atoms with Gasteiger partial charge < -0.3 is 9.47 Å². The molecule has 0 spiro atoms. The summed E-state index contributed by atoms with van der Waals surface area (Å²) in [5.41, 5.74) is 0.907. The molecule has 1 heterocycles. The number of hydrogen-bond donors (Lipinski definition) is 0. The minimum absolute atomic E-state index is 0.0336. The standard InChI is InChI=1S/C9H9NO4/c1-13-8-4-6(10(11)12)2-3-7(8)9-5-14-9/h2-4,9H,5H2,1H3. The number of nitrogens with zero attached hydrogens (tertiary/aromatic N) is 1. The van der Waals surface area contributed by atoms with Crippen molar-refractivity contribution in [3.8, 4) is 5.75 Å². The predicted molar refractivity (Wildman–Crippen MR) is 48.3 cm³/mol. The summed E-state index contributed by atoms with van der Waals surface area (Å²) in [7, 11) is 1.49. The first kappa shape index (κ1) is 8.96. The van der Waals surface area contributed by atoms with Crippen LogP contribution in [-0.4, -0.2) is 18.6 Å². The van der Waals surface area contributed by atoms with E-state index in [9.17, 15) is 10.1 Å². The summed E-state index contributed by atoms with van der Waals surface area (Å²) in [4.78, 5) is 10.0. The highest BCUT2D eigenvalue weighted by atomic mass is 16.6. The van der Waals surface area contributed by atoms with Gasteiger partial charge in [-0.15, -0.1) is 0 Å². The molecular weight excluding hydrogens is 186 g/mol. The lowest BCUT2D eigenvalue weighted by Crippen LogP contribution is -1.94. The molecule has 5 nitrogen and oxygen atoms in total. The van der Waals surface area contributed by atoms with Crippen LogP contribution in [0, 0.1) is 10.1 Å². The molecule has 5 heteroatoms. The van der Waals surface area contributed by atoms with E-state index in [1.54, 1.807) is 6.07 Å². The van der Waals surface area contributed by atoms with Gasteiger partial charge in [0.05, 0.1) is 24.7 Å². The van der Waals surface area contributed by atoms with Crippen molar-refractivity contribution in [3.63, 3.8) is 0 Å². The third kappa shape index (κ3) is 1.54. The number of ether oxygens (including phenoxy) is 2. The van der Waals surface area contributed by atoms with Gasteiger partial charge in [0.2, 0.25) is 0 Å². The molecule has 0 aliphatic carbocycles. The lowest BCUT2D eigenvalue weighted by Gasteiger charge is -2.04. The van der Waals surface area contributed by atoms with Crippen molar-refractivity contribution in [2.24, 2.45) is 0 Å². The molecule has 1 aromatic carbocycles. The molecule has 0 amide bonds. The van der Waals surface area contributed by atoms with E-state index in [-0.39, 0.29) is 11.8 Å². The summed E-state index contributed by atoms with van der Waals surface area (Å²) in [6, 6.07) is 4.55. The first-order chi connectivity index (χ1) is 6.72. The van der Waals surface area contributed by atoms with E-state index < -0.39 is 4.92 Å². The van der Waals surface area contributed by atoms with Crippen molar-refractivity contribution >= 4 is 5.69 Å². The van der Waals surface area contributed by atoms with Crippen LogP contribution < -0.4 is 4.74 Å². The molecule has 74 valence electrons. The number of non-ortho nitro benzene ring substituents is 1. The Kier molecular flexibility index (Phi) is 2.09. The van der Waals surface area contributed by atoms with Gasteiger partial charge in [0.1, 0.15) is 11.9 Å². The van der Waals surface area contributed by atoms with Crippen LogP contribution >= 0.6 is 0 Å². The van der Waals surface area contributed by atoms with Crippen molar-refractivity contribution in [1.82, 2.24) is 0 Å².